The first-order chi connectivity index (χ1) is 23.7. The molecule has 6 rings (SSSR count). The predicted molar refractivity (Wildman–Crippen MR) is 184 cm³/mol. The van der Waals surface area contributed by atoms with Gasteiger partial charge in [-0.3, -0.25) is 0 Å². The summed E-state index contributed by atoms with van der Waals surface area (Å²) in [6.45, 7) is 11.2. The molecule has 19 atom stereocenters. The van der Waals surface area contributed by atoms with E-state index in [1.807, 2.05) is 0 Å². The first-order valence-electron chi connectivity index (χ1n) is 20.0. The first-order valence-corrected chi connectivity index (χ1v) is 20.0. The minimum absolute atomic E-state index is 0.178. The van der Waals surface area contributed by atoms with Crippen LogP contribution >= 0.6 is 0 Å². The third-order valence-corrected chi connectivity index (χ3v) is 15.1. The van der Waals surface area contributed by atoms with E-state index in [2.05, 4.69) is 34.6 Å². The van der Waals surface area contributed by atoms with Crippen LogP contribution in [-0.2, 0) is 18.9 Å². The summed E-state index contributed by atoms with van der Waals surface area (Å²) in [7, 11) is 0. The Bertz CT molecular complexity index is 1110. The van der Waals surface area contributed by atoms with Gasteiger partial charge in [0, 0.05) is 0 Å². The molecule has 6 fully saturated rings. The molecule has 11 heteroatoms. The second-order valence-corrected chi connectivity index (χ2v) is 18.2. The predicted octanol–water partition coefficient (Wildman–Crippen LogP) is 3.12. The molecule has 2 aliphatic heterocycles. The first kappa shape index (κ1) is 39.3. The molecule has 0 aromatic carbocycles. The summed E-state index contributed by atoms with van der Waals surface area (Å²) in [4.78, 5) is 0. The Morgan fingerprint density at radius 1 is 0.660 bits per heavy atom. The van der Waals surface area contributed by atoms with E-state index >= 15 is 0 Å². The van der Waals surface area contributed by atoms with Crippen molar-refractivity contribution in [3.8, 4) is 0 Å². The lowest BCUT2D eigenvalue weighted by atomic mass is 9.44. The van der Waals surface area contributed by atoms with Crippen molar-refractivity contribution in [2.75, 3.05) is 13.2 Å². The van der Waals surface area contributed by atoms with Gasteiger partial charge in [0.15, 0.2) is 12.6 Å². The lowest BCUT2D eigenvalue weighted by molar-refractivity contribution is -0.365. The van der Waals surface area contributed by atoms with Crippen LogP contribution in [0.4, 0.5) is 0 Å². The van der Waals surface area contributed by atoms with E-state index in [1.165, 1.54) is 57.8 Å². The molecule has 4 aliphatic carbocycles. The van der Waals surface area contributed by atoms with Crippen LogP contribution in [0.15, 0.2) is 0 Å². The van der Waals surface area contributed by atoms with Crippen molar-refractivity contribution in [1.82, 2.24) is 0 Å². The van der Waals surface area contributed by atoms with Gasteiger partial charge in [0.05, 0.1) is 19.3 Å². The van der Waals surface area contributed by atoms with Gasteiger partial charge in [-0.2, -0.15) is 0 Å². The molecule has 6 aliphatic rings. The average Bonchev–Trinajstić information content (AvgIpc) is 3.45. The van der Waals surface area contributed by atoms with Crippen molar-refractivity contribution in [3.63, 3.8) is 0 Å². The Hall–Kier alpha value is -0.440. The molecule has 7 N–H and O–H groups in total. The number of ether oxygens (including phenoxy) is 4. The van der Waals surface area contributed by atoms with Crippen molar-refractivity contribution in [3.05, 3.63) is 0 Å². The molecule has 2 heterocycles. The highest BCUT2D eigenvalue weighted by molar-refractivity contribution is 5.10. The normalized spacial score (nSPS) is 51.5. The summed E-state index contributed by atoms with van der Waals surface area (Å²) in [6, 6.07) is 0. The zero-order valence-electron chi connectivity index (χ0n) is 31.1. The van der Waals surface area contributed by atoms with Crippen LogP contribution in [0.25, 0.3) is 0 Å². The Morgan fingerprint density at radius 2 is 1.30 bits per heavy atom. The number of rotatable bonds is 11. The van der Waals surface area contributed by atoms with Crippen LogP contribution in [0.1, 0.15) is 112 Å². The van der Waals surface area contributed by atoms with Crippen LogP contribution in [0.5, 0.6) is 0 Å². The van der Waals surface area contributed by atoms with Gasteiger partial charge in [-0.05, 0) is 110 Å². The molecule has 0 aromatic rings. The second kappa shape index (κ2) is 15.7. The van der Waals surface area contributed by atoms with Crippen molar-refractivity contribution in [2.45, 2.75) is 179 Å². The fraction of sp³-hybridized carbons (Fsp3) is 1.00. The van der Waals surface area contributed by atoms with Gasteiger partial charge in [-0.15, -0.1) is 0 Å². The van der Waals surface area contributed by atoms with Crippen LogP contribution in [-0.4, -0.2) is 116 Å². The van der Waals surface area contributed by atoms with E-state index in [4.69, 9.17) is 18.9 Å². The maximum absolute atomic E-state index is 11.4. The Balaban J connectivity index is 1.08. The largest absolute Gasteiger partial charge is 0.394 e. The molecule has 2 saturated heterocycles. The van der Waals surface area contributed by atoms with Crippen LogP contribution in [0.2, 0.25) is 0 Å². The van der Waals surface area contributed by atoms with Gasteiger partial charge in [-0.1, -0.05) is 53.9 Å². The van der Waals surface area contributed by atoms with Crippen molar-refractivity contribution < 1.29 is 54.7 Å². The maximum Gasteiger partial charge on any atom is 0.187 e. The molecule has 1 unspecified atom stereocenters. The lowest BCUT2D eigenvalue weighted by Crippen LogP contribution is -2.65. The van der Waals surface area contributed by atoms with E-state index in [0.29, 0.717) is 11.3 Å². The number of aliphatic hydroxyl groups is 7. The van der Waals surface area contributed by atoms with Crippen LogP contribution < -0.4 is 0 Å². The standard InChI is InChI=1S/C39H68O11/c1-20(2)7-6-8-21(3)25-11-12-26-24-10-9-22-17-23(13-15-38(22,4)27(24)14-16-39(25,26)5)47-37-34(46)35(31(43)29(19-41)49-37)50-36-33(45)32(44)30(42)28(18-40)48-36/h20-37,40-46H,6-19H2,1-5H3/t21-,22+,23?,24+,25-,26+,27+,28-,29-,30-,31+,32+,33-,34-,35+,36+,37-,38+,39-/m1/s1. The van der Waals surface area contributed by atoms with E-state index in [0.717, 1.165) is 54.8 Å². The molecule has 0 spiro atoms. The third kappa shape index (κ3) is 7.21. The number of hydrogen-bond acceptors (Lipinski definition) is 11. The van der Waals surface area contributed by atoms with Gasteiger partial charge >= 0.3 is 0 Å². The summed E-state index contributed by atoms with van der Waals surface area (Å²) in [5.41, 5.74) is 0.702. The Labute approximate surface area is 299 Å². The van der Waals surface area contributed by atoms with E-state index in [9.17, 15) is 35.7 Å². The highest BCUT2D eigenvalue weighted by Gasteiger charge is 2.61. The summed E-state index contributed by atoms with van der Waals surface area (Å²) in [5, 5.41) is 72.8. The fourth-order valence-electron chi connectivity index (χ4n) is 12.2. The highest BCUT2D eigenvalue weighted by Crippen LogP contribution is 2.68. The van der Waals surface area contributed by atoms with Crippen LogP contribution in [0.3, 0.4) is 0 Å². The zero-order valence-corrected chi connectivity index (χ0v) is 31.1. The Morgan fingerprint density at radius 3 is 1.98 bits per heavy atom. The van der Waals surface area contributed by atoms with Crippen molar-refractivity contribution in [2.24, 2.45) is 52.3 Å². The average molecular weight is 713 g/mol. The molecule has 0 amide bonds. The van der Waals surface area contributed by atoms with Crippen LogP contribution in [0, 0.1) is 52.3 Å². The van der Waals surface area contributed by atoms with E-state index < -0.39 is 74.6 Å². The molecular weight excluding hydrogens is 644 g/mol. The van der Waals surface area contributed by atoms with Gasteiger partial charge in [0.2, 0.25) is 0 Å². The lowest BCUT2D eigenvalue weighted by Gasteiger charge is -2.61. The summed E-state index contributed by atoms with van der Waals surface area (Å²) in [5.74, 6) is 5.24. The number of hydrogen-bond donors (Lipinski definition) is 7. The summed E-state index contributed by atoms with van der Waals surface area (Å²) >= 11 is 0. The smallest absolute Gasteiger partial charge is 0.187 e. The molecule has 290 valence electrons. The third-order valence-electron chi connectivity index (χ3n) is 15.1. The van der Waals surface area contributed by atoms with Crippen molar-refractivity contribution >= 4 is 0 Å². The quantitative estimate of drug-likeness (QED) is 0.157. The number of fused-ring (bicyclic) bond motifs is 5. The summed E-state index contributed by atoms with van der Waals surface area (Å²) < 4.78 is 23.6. The minimum atomic E-state index is -1.71. The van der Waals surface area contributed by atoms with Gasteiger partial charge in [0.1, 0.15) is 48.8 Å². The molecule has 4 saturated carbocycles. The highest BCUT2D eigenvalue weighted by atomic mass is 16.7. The monoisotopic (exact) mass is 712 g/mol. The minimum Gasteiger partial charge on any atom is -0.394 e. The van der Waals surface area contributed by atoms with Crippen molar-refractivity contribution in [1.29, 1.82) is 0 Å². The SMILES string of the molecule is CC(C)CCC[C@@H](C)[C@H]1CC[C@H]2[C@@H]3CC[C@H]4CC(O[C@@H]5O[C@H](CO)[C@H](O)[C@H](O[C@@H]6O[C@H](CO)[C@@H](O)[C@H](O)[C@H]6O)[C@H]5O)CC[C@]4(C)[C@H]3CC[C@]12C. The van der Waals surface area contributed by atoms with E-state index in [-0.39, 0.29) is 11.5 Å². The molecule has 0 radical (unpaired) electrons. The molecule has 0 aromatic heterocycles. The van der Waals surface area contributed by atoms with Gasteiger partial charge < -0.3 is 54.7 Å². The molecule has 0 bridgehead atoms. The molecular formula is C39H68O11. The molecule has 50 heavy (non-hydrogen) atoms. The second-order valence-electron chi connectivity index (χ2n) is 18.2. The zero-order chi connectivity index (χ0) is 36.1. The Kier molecular flexibility index (Phi) is 12.4. The summed E-state index contributed by atoms with van der Waals surface area (Å²) in [6.07, 6.45) is -0.0349. The molecule has 11 nitrogen and oxygen atoms in total. The topological polar surface area (TPSA) is 179 Å². The van der Waals surface area contributed by atoms with E-state index in [1.54, 1.807) is 0 Å². The van der Waals surface area contributed by atoms with Gasteiger partial charge in [-0.25, -0.2) is 0 Å². The number of aliphatic hydroxyl groups excluding tert-OH is 7. The maximum atomic E-state index is 11.4. The van der Waals surface area contributed by atoms with Gasteiger partial charge in [0.25, 0.3) is 0 Å². The fourth-order valence-corrected chi connectivity index (χ4v) is 12.2.